The maximum Gasteiger partial charge on any atom is 0.329 e. The van der Waals surface area contributed by atoms with Crippen molar-refractivity contribution in [1.29, 1.82) is 0 Å². The smallest absolute Gasteiger partial charge is 0.329 e. The lowest BCUT2D eigenvalue weighted by atomic mass is 9.82. The van der Waals surface area contributed by atoms with Crippen molar-refractivity contribution in [2.24, 2.45) is 0 Å². The normalized spacial score (nSPS) is 17.2. The molecule has 0 aliphatic heterocycles. The van der Waals surface area contributed by atoms with Gasteiger partial charge in [0.25, 0.3) is 0 Å². The van der Waals surface area contributed by atoms with Crippen LogP contribution in [0.4, 0.5) is 4.79 Å². The van der Waals surface area contributed by atoms with Crippen LogP contribution in [0.15, 0.2) is 12.4 Å². The zero-order valence-corrected chi connectivity index (χ0v) is 12.3. The first kappa shape index (κ1) is 15.3. The van der Waals surface area contributed by atoms with Crippen molar-refractivity contribution in [1.82, 2.24) is 20.4 Å². The van der Waals surface area contributed by atoms with E-state index in [4.69, 9.17) is 0 Å². The second kappa shape index (κ2) is 6.60. The predicted octanol–water partition coefficient (Wildman–Crippen LogP) is 1.49. The number of nitrogens with one attached hydrogen (secondary N) is 2. The molecule has 1 aliphatic rings. The van der Waals surface area contributed by atoms with Crippen LogP contribution in [0.1, 0.15) is 44.6 Å². The van der Waals surface area contributed by atoms with E-state index in [0.29, 0.717) is 19.4 Å². The highest BCUT2D eigenvalue weighted by molar-refractivity contribution is 5.86. The number of aromatic nitrogens is 2. The Hall–Kier alpha value is -2.05. The molecule has 1 aliphatic carbocycles. The lowest BCUT2D eigenvalue weighted by molar-refractivity contribution is -0.145. The average molecular weight is 294 g/mol. The third-order valence-electron chi connectivity index (χ3n) is 3.93. The van der Waals surface area contributed by atoms with Crippen molar-refractivity contribution in [3.05, 3.63) is 18.0 Å². The Morgan fingerprint density at radius 3 is 2.67 bits per heavy atom. The molecule has 1 heterocycles. The van der Waals surface area contributed by atoms with E-state index < -0.39 is 17.5 Å². The SMILES string of the molecule is CCn1cc(CNC(=O)NC2(C(=O)O)CCCCC2)cn1. The number of hydrogen-bond donors (Lipinski definition) is 3. The number of carbonyl (C=O) groups is 2. The number of aryl methyl sites for hydroxylation is 1. The first-order chi connectivity index (χ1) is 10.1. The van der Waals surface area contributed by atoms with Crippen LogP contribution in [0.3, 0.4) is 0 Å². The van der Waals surface area contributed by atoms with Crippen molar-refractivity contribution < 1.29 is 14.7 Å². The Morgan fingerprint density at radius 2 is 2.10 bits per heavy atom. The molecule has 1 aromatic rings. The Bertz CT molecular complexity index is 506. The summed E-state index contributed by atoms with van der Waals surface area (Å²) in [6, 6.07) is -0.441. The third kappa shape index (κ3) is 3.74. The molecule has 21 heavy (non-hydrogen) atoms. The van der Waals surface area contributed by atoms with Crippen LogP contribution >= 0.6 is 0 Å². The second-order valence-electron chi connectivity index (χ2n) is 5.46. The van der Waals surface area contributed by atoms with Gasteiger partial charge in [0.05, 0.1) is 6.20 Å². The molecule has 0 radical (unpaired) electrons. The number of urea groups is 1. The summed E-state index contributed by atoms with van der Waals surface area (Å²) in [6.07, 6.45) is 7.21. The lowest BCUT2D eigenvalue weighted by Crippen LogP contribution is -2.57. The molecular formula is C14H22N4O3. The average Bonchev–Trinajstić information content (AvgIpc) is 2.94. The van der Waals surface area contributed by atoms with Crippen molar-refractivity contribution in [3.8, 4) is 0 Å². The summed E-state index contributed by atoms with van der Waals surface area (Å²) in [6.45, 7) is 3.09. The van der Waals surface area contributed by atoms with E-state index >= 15 is 0 Å². The maximum atomic E-state index is 12.0. The van der Waals surface area contributed by atoms with Crippen molar-refractivity contribution in [3.63, 3.8) is 0 Å². The molecule has 2 rings (SSSR count). The minimum atomic E-state index is -1.12. The summed E-state index contributed by atoms with van der Waals surface area (Å²) in [5, 5.41) is 18.9. The first-order valence-corrected chi connectivity index (χ1v) is 7.36. The Morgan fingerprint density at radius 1 is 1.38 bits per heavy atom. The van der Waals surface area contributed by atoms with Crippen LogP contribution in [0.2, 0.25) is 0 Å². The van der Waals surface area contributed by atoms with E-state index in [1.165, 1.54) is 0 Å². The van der Waals surface area contributed by atoms with Crippen LogP contribution in [0, 0.1) is 0 Å². The maximum absolute atomic E-state index is 12.0. The Kier molecular flexibility index (Phi) is 4.82. The zero-order valence-electron chi connectivity index (χ0n) is 12.3. The summed E-state index contributed by atoms with van der Waals surface area (Å²) in [7, 11) is 0. The van der Waals surface area contributed by atoms with E-state index in [0.717, 1.165) is 31.4 Å². The molecule has 0 saturated heterocycles. The summed E-state index contributed by atoms with van der Waals surface area (Å²) < 4.78 is 1.77. The molecule has 7 heteroatoms. The van der Waals surface area contributed by atoms with Gasteiger partial charge in [0, 0.05) is 24.8 Å². The van der Waals surface area contributed by atoms with Crippen molar-refractivity contribution >= 4 is 12.0 Å². The van der Waals surface area contributed by atoms with Crippen LogP contribution < -0.4 is 10.6 Å². The van der Waals surface area contributed by atoms with Gasteiger partial charge >= 0.3 is 12.0 Å². The number of carbonyl (C=O) groups excluding carboxylic acids is 1. The summed E-state index contributed by atoms with van der Waals surface area (Å²) in [4.78, 5) is 23.4. The molecule has 0 bridgehead atoms. The number of amides is 2. The van der Waals surface area contributed by atoms with Crippen molar-refractivity contribution in [2.45, 2.75) is 57.7 Å². The van der Waals surface area contributed by atoms with Gasteiger partial charge in [-0.2, -0.15) is 5.10 Å². The number of nitrogens with zero attached hydrogens (tertiary/aromatic N) is 2. The van der Waals surface area contributed by atoms with Crippen LogP contribution in [-0.2, 0) is 17.9 Å². The van der Waals surface area contributed by atoms with Gasteiger partial charge in [-0.3, -0.25) is 4.68 Å². The highest BCUT2D eigenvalue weighted by Gasteiger charge is 2.40. The van der Waals surface area contributed by atoms with E-state index in [1.54, 1.807) is 10.9 Å². The van der Waals surface area contributed by atoms with E-state index in [1.807, 2.05) is 13.1 Å². The molecular weight excluding hydrogens is 272 g/mol. The number of aliphatic carboxylic acids is 1. The predicted molar refractivity (Wildman–Crippen MR) is 76.7 cm³/mol. The van der Waals surface area contributed by atoms with E-state index in [2.05, 4.69) is 15.7 Å². The Balaban J connectivity index is 1.89. The van der Waals surface area contributed by atoms with Gasteiger partial charge in [0.15, 0.2) is 0 Å². The van der Waals surface area contributed by atoms with Crippen LogP contribution in [-0.4, -0.2) is 32.4 Å². The number of carboxylic acid groups (broad SMARTS) is 1. The standard InChI is InChI=1S/C14H22N4O3/c1-2-18-10-11(9-16-18)8-15-13(21)17-14(12(19)20)6-4-3-5-7-14/h9-10H,2-8H2,1H3,(H,19,20)(H2,15,17,21). The largest absolute Gasteiger partial charge is 0.480 e. The third-order valence-corrected chi connectivity index (χ3v) is 3.93. The fraction of sp³-hybridized carbons (Fsp3) is 0.643. The molecule has 1 aromatic heterocycles. The lowest BCUT2D eigenvalue weighted by Gasteiger charge is -2.33. The monoisotopic (exact) mass is 294 g/mol. The zero-order chi connectivity index (χ0) is 15.3. The molecule has 0 unspecified atom stereocenters. The van der Waals surface area contributed by atoms with Crippen LogP contribution in [0.5, 0.6) is 0 Å². The molecule has 3 N–H and O–H groups in total. The minimum absolute atomic E-state index is 0.335. The summed E-state index contributed by atoms with van der Waals surface area (Å²) in [5.41, 5.74) is -0.226. The molecule has 0 atom stereocenters. The van der Waals surface area contributed by atoms with Gasteiger partial charge in [0.1, 0.15) is 5.54 Å². The van der Waals surface area contributed by atoms with Crippen LogP contribution in [0.25, 0.3) is 0 Å². The highest BCUT2D eigenvalue weighted by atomic mass is 16.4. The van der Waals surface area contributed by atoms with E-state index in [-0.39, 0.29) is 0 Å². The molecule has 2 amide bonds. The first-order valence-electron chi connectivity index (χ1n) is 7.36. The van der Waals surface area contributed by atoms with Gasteiger partial charge in [-0.1, -0.05) is 19.3 Å². The van der Waals surface area contributed by atoms with E-state index in [9.17, 15) is 14.7 Å². The molecule has 1 saturated carbocycles. The topological polar surface area (TPSA) is 96.2 Å². The number of carboxylic acids is 1. The molecule has 0 spiro atoms. The quantitative estimate of drug-likeness (QED) is 0.766. The fourth-order valence-corrected chi connectivity index (χ4v) is 2.66. The van der Waals surface area contributed by atoms with Gasteiger partial charge in [0.2, 0.25) is 0 Å². The van der Waals surface area contributed by atoms with Gasteiger partial charge in [-0.25, -0.2) is 9.59 Å². The second-order valence-corrected chi connectivity index (χ2v) is 5.46. The molecule has 1 fully saturated rings. The summed E-state index contributed by atoms with van der Waals surface area (Å²) >= 11 is 0. The van der Waals surface area contributed by atoms with Gasteiger partial charge < -0.3 is 15.7 Å². The van der Waals surface area contributed by atoms with Crippen molar-refractivity contribution in [2.75, 3.05) is 0 Å². The van der Waals surface area contributed by atoms with Gasteiger partial charge in [-0.15, -0.1) is 0 Å². The fourth-order valence-electron chi connectivity index (χ4n) is 2.66. The number of rotatable bonds is 5. The summed E-state index contributed by atoms with van der Waals surface area (Å²) in [5.74, 6) is -0.948. The Labute approximate surface area is 123 Å². The molecule has 0 aromatic carbocycles. The minimum Gasteiger partial charge on any atom is -0.480 e. The molecule has 116 valence electrons. The number of hydrogen-bond acceptors (Lipinski definition) is 3. The highest BCUT2D eigenvalue weighted by Crippen LogP contribution is 2.28. The molecule has 7 nitrogen and oxygen atoms in total. The van der Waals surface area contributed by atoms with Gasteiger partial charge in [-0.05, 0) is 19.8 Å².